The van der Waals surface area contributed by atoms with Crippen molar-refractivity contribution in [2.75, 3.05) is 19.8 Å². The Morgan fingerprint density at radius 3 is 2.93 bits per heavy atom. The Kier molecular flexibility index (Phi) is 5.65. The zero-order valence-electron chi connectivity index (χ0n) is 9.53. The Hall–Kier alpha value is -0.610. The molecule has 4 nitrogen and oxygen atoms in total. The molecule has 1 saturated heterocycles. The molecule has 1 aliphatic heterocycles. The third kappa shape index (κ3) is 4.62. The van der Waals surface area contributed by atoms with Crippen molar-refractivity contribution in [3.63, 3.8) is 0 Å². The van der Waals surface area contributed by atoms with E-state index in [1.165, 1.54) is 0 Å². The summed E-state index contributed by atoms with van der Waals surface area (Å²) < 4.78 is 15.7. The lowest BCUT2D eigenvalue weighted by Crippen LogP contribution is -2.30. The van der Waals surface area contributed by atoms with Gasteiger partial charge in [0.05, 0.1) is 6.10 Å². The first-order chi connectivity index (χ1) is 7.24. The molecule has 1 aliphatic rings. The molecule has 15 heavy (non-hydrogen) atoms. The lowest BCUT2D eigenvalue weighted by atomic mass is 10.1. The van der Waals surface area contributed by atoms with E-state index in [-0.39, 0.29) is 12.1 Å². The molecule has 1 rings (SSSR count). The average molecular weight is 216 g/mol. The molecule has 2 unspecified atom stereocenters. The van der Waals surface area contributed by atoms with E-state index in [0.717, 1.165) is 25.9 Å². The molecule has 0 saturated carbocycles. The van der Waals surface area contributed by atoms with E-state index in [1.54, 1.807) is 6.92 Å². The van der Waals surface area contributed by atoms with Gasteiger partial charge in [0.1, 0.15) is 6.61 Å². The summed E-state index contributed by atoms with van der Waals surface area (Å²) in [7, 11) is 0. The van der Waals surface area contributed by atoms with E-state index in [9.17, 15) is 4.79 Å². The Labute approximate surface area is 90.9 Å². The predicted molar refractivity (Wildman–Crippen MR) is 55.6 cm³/mol. The van der Waals surface area contributed by atoms with Crippen molar-refractivity contribution in [2.45, 2.75) is 45.3 Å². The van der Waals surface area contributed by atoms with Crippen LogP contribution in [0.5, 0.6) is 0 Å². The SMILES string of the molecule is CCOC(C)C(=O)OCC1CCCCO1. The molecule has 0 radical (unpaired) electrons. The Bertz CT molecular complexity index is 187. The van der Waals surface area contributed by atoms with Gasteiger partial charge in [-0.25, -0.2) is 4.79 Å². The second-order valence-electron chi connectivity index (χ2n) is 3.72. The molecule has 88 valence electrons. The number of esters is 1. The van der Waals surface area contributed by atoms with Gasteiger partial charge < -0.3 is 14.2 Å². The number of rotatable bonds is 5. The molecule has 0 amide bonds. The van der Waals surface area contributed by atoms with E-state index in [2.05, 4.69) is 0 Å². The molecule has 0 spiro atoms. The first kappa shape index (κ1) is 12.5. The Balaban J connectivity index is 2.14. The lowest BCUT2D eigenvalue weighted by molar-refractivity contribution is -0.160. The van der Waals surface area contributed by atoms with Gasteiger partial charge >= 0.3 is 5.97 Å². The van der Waals surface area contributed by atoms with E-state index in [4.69, 9.17) is 14.2 Å². The van der Waals surface area contributed by atoms with Crippen LogP contribution in [0.3, 0.4) is 0 Å². The molecule has 0 aromatic rings. The third-order valence-electron chi connectivity index (χ3n) is 2.43. The fraction of sp³-hybridized carbons (Fsp3) is 0.909. The maximum absolute atomic E-state index is 11.4. The van der Waals surface area contributed by atoms with Gasteiger partial charge in [0, 0.05) is 13.2 Å². The zero-order valence-corrected chi connectivity index (χ0v) is 9.53. The molecule has 0 aliphatic carbocycles. The van der Waals surface area contributed by atoms with Crippen molar-refractivity contribution in [3.05, 3.63) is 0 Å². The lowest BCUT2D eigenvalue weighted by Gasteiger charge is -2.22. The van der Waals surface area contributed by atoms with Gasteiger partial charge in [-0.05, 0) is 33.1 Å². The van der Waals surface area contributed by atoms with Gasteiger partial charge in [-0.1, -0.05) is 0 Å². The summed E-state index contributed by atoms with van der Waals surface area (Å²) >= 11 is 0. The first-order valence-electron chi connectivity index (χ1n) is 5.64. The molecule has 2 atom stereocenters. The van der Waals surface area contributed by atoms with Crippen LogP contribution in [0.2, 0.25) is 0 Å². The normalized spacial score (nSPS) is 23.5. The second-order valence-corrected chi connectivity index (χ2v) is 3.72. The van der Waals surface area contributed by atoms with Crippen LogP contribution in [-0.2, 0) is 19.0 Å². The summed E-state index contributed by atoms with van der Waals surface area (Å²) in [5.74, 6) is -0.300. The minimum absolute atomic E-state index is 0.0801. The smallest absolute Gasteiger partial charge is 0.335 e. The number of hydrogen-bond donors (Lipinski definition) is 0. The average Bonchev–Trinajstić information content (AvgIpc) is 2.27. The highest BCUT2D eigenvalue weighted by Gasteiger charge is 2.19. The van der Waals surface area contributed by atoms with Crippen LogP contribution in [0.4, 0.5) is 0 Å². The second kappa shape index (κ2) is 6.80. The van der Waals surface area contributed by atoms with Gasteiger partial charge in [0.15, 0.2) is 6.10 Å². The van der Waals surface area contributed by atoms with E-state index in [0.29, 0.717) is 13.2 Å². The van der Waals surface area contributed by atoms with E-state index < -0.39 is 6.10 Å². The van der Waals surface area contributed by atoms with Gasteiger partial charge in [-0.15, -0.1) is 0 Å². The maximum atomic E-state index is 11.4. The van der Waals surface area contributed by atoms with E-state index >= 15 is 0 Å². The zero-order chi connectivity index (χ0) is 11.1. The predicted octanol–water partition coefficient (Wildman–Crippen LogP) is 1.52. The molecule has 1 fully saturated rings. The van der Waals surface area contributed by atoms with Crippen LogP contribution in [0.25, 0.3) is 0 Å². The summed E-state index contributed by atoms with van der Waals surface area (Å²) in [6, 6.07) is 0. The molecular formula is C11H20O4. The first-order valence-corrected chi connectivity index (χ1v) is 5.64. The standard InChI is InChI=1S/C11H20O4/c1-3-13-9(2)11(12)15-8-10-6-4-5-7-14-10/h9-10H,3-8H2,1-2H3. The highest BCUT2D eigenvalue weighted by Crippen LogP contribution is 2.13. The van der Waals surface area contributed by atoms with Crippen LogP contribution in [0, 0.1) is 0 Å². The third-order valence-corrected chi connectivity index (χ3v) is 2.43. The van der Waals surface area contributed by atoms with Crippen molar-refractivity contribution >= 4 is 5.97 Å². The Morgan fingerprint density at radius 1 is 1.53 bits per heavy atom. The monoisotopic (exact) mass is 216 g/mol. The van der Waals surface area contributed by atoms with Crippen molar-refractivity contribution in [1.82, 2.24) is 0 Å². The molecule has 0 bridgehead atoms. The molecule has 4 heteroatoms. The quantitative estimate of drug-likeness (QED) is 0.654. The van der Waals surface area contributed by atoms with Crippen molar-refractivity contribution < 1.29 is 19.0 Å². The minimum atomic E-state index is -0.474. The highest BCUT2D eigenvalue weighted by atomic mass is 16.6. The van der Waals surface area contributed by atoms with Crippen molar-refractivity contribution in [2.24, 2.45) is 0 Å². The summed E-state index contributed by atoms with van der Waals surface area (Å²) in [5, 5.41) is 0. The summed E-state index contributed by atoms with van der Waals surface area (Å²) in [6.07, 6.45) is 2.86. The van der Waals surface area contributed by atoms with Gasteiger partial charge in [-0.2, -0.15) is 0 Å². The summed E-state index contributed by atoms with van der Waals surface area (Å²) in [4.78, 5) is 11.4. The molecule has 0 N–H and O–H groups in total. The topological polar surface area (TPSA) is 44.8 Å². The highest BCUT2D eigenvalue weighted by molar-refractivity contribution is 5.74. The molecule has 1 heterocycles. The fourth-order valence-corrected chi connectivity index (χ4v) is 1.55. The molecule has 0 aromatic carbocycles. The Morgan fingerprint density at radius 2 is 2.33 bits per heavy atom. The largest absolute Gasteiger partial charge is 0.461 e. The van der Waals surface area contributed by atoms with Crippen LogP contribution in [0.1, 0.15) is 33.1 Å². The molecular weight excluding hydrogens is 196 g/mol. The number of carbonyl (C=O) groups is 1. The van der Waals surface area contributed by atoms with Gasteiger partial charge in [0.2, 0.25) is 0 Å². The summed E-state index contributed by atoms with van der Waals surface area (Å²) in [6.45, 7) is 5.22. The van der Waals surface area contributed by atoms with Gasteiger partial charge in [-0.3, -0.25) is 0 Å². The molecule has 0 aromatic heterocycles. The van der Waals surface area contributed by atoms with Crippen LogP contribution < -0.4 is 0 Å². The number of carbonyl (C=O) groups excluding carboxylic acids is 1. The fourth-order valence-electron chi connectivity index (χ4n) is 1.55. The van der Waals surface area contributed by atoms with Gasteiger partial charge in [0.25, 0.3) is 0 Å². The van der Waals surface area contributed by atoms with Crippen LogP contribution >= 0.6 is 0 Å². The number of hydrogen-bond acceptors (Lipinski definition) is 4. The van der Waals surface area contributed by atoms with E-state index in [1.807, 2.05) is 6.92 Å². The van der Waals surface area contributed by atoms with Crippen molar-refractivity contribution in [3.8, 4) is 0 Å². The van der Waals surface area contributed by atoms with Crippen LogP contribution in [0.15, 0.2) is 0 Å². The number of ether oxygens (including phenoxy) is 3. The van der Waals surface area contributed by atoms with Crippen molar-refractivity contribution in [1.29, 1.82) is 0 Å². The summed E-state index contributed by atoms with van der Waals surface area (Å²) in [5.41, 5.74) is 0. The minimum Gasteiger partial charge on any atom is -0.461 e. The van der Waals surface area contributed by atoms with Crippen LogP contribution in [-0.4, -0.2) is 38.0 Å². The maximum Gasteiger partial charge on any atom is 0.335 e.